The number of aromatic nitrogens is 1. The molecule has 0 unspecified atom stereocenters. The molecular formula is C5H5N2O2. The highest BCUT2D eigenvalue weighted by Gasteiger charge is 2.00. The summed E-state index contributed by atoms with van der Waals surface area (Å²) in [6.45, 7) is 0. The summed E-state index contributed by atoms with van der Waals surface area (Å²) in [5.41, 5.74) is 0. The molecule has 0 N–H and O–H groups in total. The maximum Gasteiger partial charge on any atom is 0.317 e. The normalized spacial score (nSPS) is 9.00. The van der Waals surface area contributed by atoms with Crippen molar-refractivity contribution >= 4 is 12.2 Å². The quantitative estimate of drug-likeness (QED) is 0.529. The zero-order chi connectivity index (χ0) is 6.69. The minimum absolute atomic E-state index is 0.463. The summed E-state index contributed by atoms with van der Waals surface area (Å²) in [6, 6.07) is 1.57. The third-order valence-corrected chi connectivity index (χ3v) is 0.905. The number of anilines is 1. The van der Waals surface area contributed by atoms with Gasteiger partial charge in [0.05, 0.1) is 0 Å². The van der Waals surface area contributed by atoms with Crippen molar-refractivity contribution in [1.29, 1.82) is 0 Å². The van der Waals surface area contributed by atoms with Crippen LogP contribution >= 0.6 is 0 Å². The highest BCUT2D eigenvalue weighted by Crippen LogP contribution is 2.03. The number of nitrogens with zero attached hydrogens (tertiary/aromatic N) is 2. The van der Waals surface area contributed by atoms with Crippen LogP contribution in [0.5, 0.6) is 0 Å². The Morgan fingerprint density at radius 2 is 2.67 bits per heavy atom. The van der Waals surface area contributed by atoms with Crippen LogP contribution in [0.15, 0.2) is 16.9 Å². The van der Waals surface area contributed by atoms with Gasteiger partial charge in [-0.1, -0.05) is 5.16 Å². The average molecular weight is 125 g/mol. The third kappa shape index (κ3) is 1.07. The second-order valence-electron chi connectivity index (χ2n) is 1.51. The lowest BCUT2D eigenvalue weighted by Crippen LogP contribution is -2.13. The van der Waals surface area contributed by atoms with Gasteiger partial charge in [-0.15, -0.1) is 0 Å². The van der Waals surface area contributed by atoms with E-state index < -0.39 is 0 Å². The monoisotopic (exact) mass is 125 g/mol. The molecule has 47 valence electrons. The molecule has 0 spiro atoms. The molecule has 0 bridgehead atoms. The molecule has 0 aliphatic carbocycles. The minimum atomic E-state index is 0.463. The molecule has 0 aliphatic heterocycles. The van der Waals surface area contributed by atoms with E-state index in [-0.39, 0.29) is 0 Å². The van der Waals surface area contributed by atoms with Crippen molar-refractivity contribution < 1.29 is 9.32 Å². The predicted molar refractivity (Wildman–Crippen MR) is 30.6 cm³/mol. The van der Waals surface area contributed by atoms with Crippen molar-refractivity contribution in [3.05, 3.63) is 12.3 Å². The lowest BCUT2D eigenvalue weighted by molar-refractivity contribution is 0.421. The highest BCUT2D eigenvalue weighted by atomic mass is 16.5. The molecule has 0 saturated carbocycles. The first-order chi connectivity index (χ1) is 4.34. The number of hydrogen-bond donors (Lipinski definition) is 0. The van der Waals surface area contributed by atoms with Crippen LogP contribution in [-0.4, -0.2) is 18.6 Å². The summed E-state index contributed by atoms with van der Waals surface area (Å²) in [7, 11) is 1.55. The van der Waals surface area contributed by atoms with E-state index in [1.54, 1.807) is 19.5 Å². The van der Waals surface area contributed by atoms with Gasteiger partial charge in [0.1, 0.15) is 6.26 Å². The van der Waals surface area contributed by atoms with Crippen molar-refractivity contribution in [1.82, 2.24) is 5.16 Å². The van der Waals surface area contributed by atoms with Crippen LogP contribution < -0.4 is 4.90 Å². The molecular weight excluding hydrogens is 120 g/mol. The lowest BCUT2D eigenvalue weighted by Gasteiger charge is -1.99. The van der Waals surface area contributed by atoms with Crippen LogP contribution in [0.4, 0.5) is 5.82 Å². The van der Waals surface area contributed by atoms with E-state index in [2.05, 4.69) is 9.68 Å². The summed E-state index contributed by atoms with van der Waals surface area (Å²) in [5.74, 6) is 0.463. The Bertz CT molecular complexity index is 183. The van der Waals surface area contributed by atoms with Crippen molar-refractivity contribution in [3.8, 4) is 0 Å². The maximum absolute atomic E-state index is 9.92. The number of hydrogen-bond acceptors (Lipinski definition) is 3. The van der Waals surface area contributed by atoms with Gasteiger partial charge in [-0.3, -0.25) is 9.69 Å². The molecule has 4 nitrogen and oxygen atoms in total. The van der Waals surface area contributed by atoms with Gasteiger partial charge in [0.2, 0.25) is 0 Å². The lowest BCUT2D eigenvalue weighted by atomic mass is 10.6. The smallest absolute Gasteiger partial charge is 0.317 e. The molecule has 1 aromatic rings. The van der Waals surface area contributed by atoms with Crippen LogP contribution in [0.3, 0.4) is 0 Å². The fourth-order valence-electron chi connectivity index (χ4n) is 0.426. The van der Waals surface area contributed by atoms with Gasteiger partial charge in [-0.2, -0.15) is 0 Å². The molecule has 9 heavy (non-hydrogen) atoms. The van der Waals surface area contributed by atoms with Gasteiger partial charge in [0.25, 0.3) is 0 Å². The van der Waals surface area contributed by atoms with Crippen molar-refractivity contribution in [2.75, 3.05) is 11.9 Å². The highest BCUT2D eigenvalue weighted by molar-refractivity contribution is 5.71. The van der Waals surface area contributed by atoms with E-state index in [0.29, 0.717) is 5.82 Å². The van der Waals surface area contributed by atoms with E-state index in [1.165, 1.54) is 11.2 Å². The Kier molecular flexibility index (Phi) is 1.48. The first kappa shape index (κ1) is 5.81. The van der Waals surface area contributed by atoms with E-state index in [0.717, 1.165) is 0 Å². The van der Waals surface area contributed by atoms with Crippen LogP contribution in [0.1, 0.15) is 0 Å². The molecule has 0 fully saturated rings. The Balaban J connectivity index is 2.76. The van der Waals surface area contributed by atoms with Gasteiger partial charge in [0, 0.05) is 13.1 Å². The summed E-state index contributed by atoms with van der Waals surface area (Å²) in [4.78, 5) is 11.1. The largest absolute Gasteiger partial charge is 0.363 e. The molecule has 1 heterocycles. The summed E-state index contributed by atoms with van der Waals surface area (Å²) in [6.07, 6.45) is 3.02. The summed E-state index contributed by atoms with van der Waals surface area (Å²) < 4.78 is 4.47. The van der Waals surface area contributed by atoms with Gasteiger partial charge < -0.3 is 4.52 Å². The third-order valence-electron chi connectivity index (χ3n) is 0.905. The first-order valence-electron chi connectivity index (χ1n) is 2.36. The van der Waals surface area contributed by atoms with Crippen LogP contribution in [0, 0.1) is 0 Å². The average Bonchev–Trinajstić information content (AvgIpc) is 2.37. The minimum Gasteiger partial charge on any atom is -0.363 e. The molecule has 4 heteroatoms. The van der Waals surface area contributed by atoms with Crippen molar-refractivity contribution in [2.24, 2.45) is 0 Å². The predicted octanol–water partition coefficient (Wildman–Crippen LogP) is 0.178. The summed E-state index contributed by atoms with van der Waals surface area (Å²) >= 11 is 0. The van der Waals surface area contributed by atoms with Crippen LogP contribution in [0.25, 0.3) is 0 Å². The standard InChI is InChI=1S/C5H5N2O2/c1-7(4-8)5-2-3-9-6-5/h2-3H,1H3. The van der Waals surface area contributed by atoms with Crippen LogP contribution in [0.2, 0.25) is 0 Å². The molecule has 1 amide bonds. The topological polar surface area (TPSA) is 46.3 Å². The van der Waals surface area contributed by atoms with Crippen molar-refractivity contribution in [3.63, 3.8) is 0 Å². The fraction of sp³-hybridized carbons (Fsp3) is 0.200. The zero-order valence-electron chi connectivity index (χ0n) is 4.87. The second kappa shape index (κ2) is 2.30. The fourth-order valence-corrected chi connectivity index (χ4v) is 0.426. The Morgan fingerprint density at radius 3 is 3.11 bits per heavy atom. The molecule has 1 rings (SSSR count). The van der Waals surface area contributed by atoms with E-state index >= 15 is 0 Å². The van der Waals surface area contributed by atoms with Crippen LogP contribution in [-0.2, 0) is 4.79 Å². The van der Waals surface area contributed by atoms with Gasteiger partial charge in [0.15, 0.2) is 5.82 Å². The SMILES string of the molecule is CN([C]=O)c1ccon1. The summed E-state index contributed by atoms with van der Waals surface area (Å²) in [5, 5.41) is 3.48. The molecule has 0 atom stereocenters. The molecule has 1 aromatic heterocycles. The van der Waals surface area contributed by atoms with E-state index in [4.69, 9.17) is 0 Å². The van der Waals surface area contributed by atoms with Gasteiger partial charge in [-0.25, -0.2) is 0 Å². The first-order valence-corrected chi connectivity index (χ1v) is 2.36. The maximum atomic E-state index is 9.92. The number of amides is 1. The Hall–Kier alpha value is -1.32. The molecule has 0 aromatic carbocycles. The van der Waals surface area contributed by atoms with Gasteiger partial charge in [-0.05, 0) is 0 Å². The Morgan fingerprint density at radius 1 is 1.89 bits per heavy atom. The molecule has 0 aliphatic rings. The molecule has 1 radical (unpaired) electrons. The number of carbonyl (C=O) groups excluding carboxylic acids is 1. The second-order valence-corrected chi connectivity index (χ2v) is 1.51. The van der Waals surface area contributed by atoms with Gasteiger partial charge >= 0.3 is 6.41 Å². The van der Waals surface area contributed by atoms with Crippen molar-refractivity contribution in [2.45, 2.75) is 0 Å². The van der Waals surface area contributed by atoms with E-state index in [9.17, 15) is 4.79 Å². The molecule has 0 saturated heterocycles. The number of rotatable bonds is 2. The Labute approximate surface area is 52.0 Å². The zero-order valence-corrected chi connectivity index (χ0v) is 4.87. The van der Waals surface area contributed by atoms with E-state index in [1.807, 2.05) is 0 Å².